The molecule has 3 nitrogen and oxygen atoms in total. The van der Waals surface area contributed by atoms with Gasteiger partial charge in [0.2, 0.25) is 0 Å². The van der Waals surface area contributed by atoms with Gasteiger partial charge < -0.3 is 5.11 Å². The Morgan fingerprint density at radius 3 is 2.50 bits per heavy atom. The molecule has 0 saturated carbocycles. The summed E-state index contributed by atoms with van der Waals surface area (Å²) >= 11 is 0. The topological polar surface area (TPSA) is 50.2 Å². The van der Waals surface area contributed by atoms with Crippen LogP contribution in [0.2, 0.25) is 0 Å². The average molecular weight is 291 g/mol. The number of carboxylic acid groups (broad SMARTS) is 1. The molecule has 1 aromatic heterocycles. The molecule has 3 rings (SSSR count). The maximum absolute atomic E-state index is 11.1. The lowest BCUT2D eigenvalue weighted by Gasteiger charge is -2.11. The van der Waals surface area contributed by atoms with E-state index in [1.54, 1.807) is 0 Å². The van der Waals surface area contributed by atoms with Crippen molar-refractivity contribution in [3.63, 3.8) is 0 Å². The summed E-state index contributed by atoms with van der Waals surface area (Å²) in [6, 6.07) is 17.8. The normalized spacial score (nSPS) is 10.8. The van der Waals surface area contributed by atoms with Gasteiger partial charge in [0.25, 0.3) is 0 Å². The predicted molar refractivity (Wildman–Crippen MR) is 87.9 cm³/mol. The SMILES string of the molecule is CCc1cc2c(CC(=O)O)cccc2c(-c2ccccc2)n1. The summed E-state index contributed by atoms with van der Waals surface area (Å²) in [5.74, 6) is -0.816. The number of pyridine rings is 1. The van der Waals surface area contributed by atoms with Gasteiger partial charge in [0.15, 0.2) is 0 Å². The van der Waals surface area contributed by atoms with Crippen molar-refractivity contribution in [2.75, 3.05) is 0 Å². The molecule has 0 bridgehead atoms. The lowest BCUT2D eigenvalue weighted by Crippen LogP contribution is -2.02. The van der Waals surface area contributed by atoms with Crippen LogP contribution in [0.1, 0.15) is 18.2 Å². The van der Waals surface area contributed by atoms with Crippen LogP contribution < -0.4 is 0 Å². The van der Waals surface area contributed by atoms with Gasteiger partial charge in [-0.3, -0.25) is 9.78 Å². The number of aryl methyl sites for hydroxylation is 1. The molecule has 1 N–H and O–H groups in total. The average Bonchev–Trinajstić information content (AvgIpc) is 2.54. The number of rotatable bonds is 4. The highest BCUT2D eigenvalue weighted by Crippen LogP contribution is 2.30. The zero-order valence-corrected chi connectivity index (χ0v) is 12.4. The van der Waals surface area contributed by atoms with Crippen molar-refractivity contribution in [1.29, 1.82) is 0 Å². The molecule has 0 spiro atoms. The molecule has 0 aliphatic rings. The van der Waals surface area contributed by atoms with E-state index < -0.39 is 5.97 Å². The second kappa shape index (κ2) is 5.98. The zero-order chi connectivity index (χ0) is 15.5. The number of benzene rings is 2. The van der Waals surface area contributed by atoms with Crippen molar-refractivity contribution >= 4 is 16.7 Å². The summed E-state index contributed by atoms with van der Waals surface area (Å²) in [5, 5.41) is 11.1. The van der Waals surface area contributed by atoms with Gasteiger partial charge >= 0.3 is 5.97 Å². The number of aromatic nitrogens is 1. The summed E-state index contributed by atoms with van der Waals surface area (Å²) in [4.78, 5) is 15.9. The van der Waals surface area contributed by atoms with Crippen LogP contribution in [0.15, 0.2) is 54.6 Å². The molecule has 0 fully saturated rings. The lowest BCUT2D eigenvalue weighted by atomic mass is 9.97. The quantitative estimate of drug-likeness (QED) is 0.787. The number of aliphatic carboxylic acids is 1. The molecule has 0 aliphatic heterocycles. The molecule has 0 radical (unpaired) electrons. The number of carbonyl (C=O) groups is 1. The Labute approximate surface area is 129 Å². The number of fused-ring (bicyclic) bond motifs is 1. The predicted octanol–water partition coefficient (Wildman–Crippen LogP) is 4.09. The molecule has 0 saturated heterocycles. The van der Waals surface area contributed by atoms with Gasteiger partial charge in [0.05, 0.1) is 12.1 Å². The number of hydrogen-bond acceptors (Lipinski definition) is 2. The standard InChI is InChI=1S/C19H17NO2/c1-2-15-12-17-14(11-18(21)22)9-6-10-16(17)19(20-15)13-7-4-3-5-8-13/h3-10,12H,2,11H2,1H3,(H,21,22). The highest BCUT2D eigenvalue weighted by molar-refractivity contribution is 5.98. The molecule has 3 heteroatoms. The van der Waals surface area contributed by atoms with Crippen molar-refractivity contribution in [1.82, 2.24) is 4.98 Å². The molecular weight excluding hydrogens is 274 g/mol. The Hall–Kier alpha value is -2.68. The van der Waals surface area contributed by atoms with Gasteiger partial charge in [-0.2, -0.15) is 0 Å². The van der Waals surface area contributed by atoms with Gasteiger partial charge in [-0.25, -0.2) is 0 Å². The molecule has 0 unspecified atom stereocenters. The second-order valence-electron chi connectivity index (χ2n) is 5.26. The summed E-state index contributed by atoms with van der Waals surface area (Å²) in [7, 11) is 0. The Morgan fingerprint density at radius 1 is 1.05 bits per heavy atom. The van der Waals surface area contributed by atoms with Crippen LogP contribution in [0.3, 0.4) is 0 Å². The number of hydrogen-bond donors (Lipinski definition) is 1. The minimum atomic E-state index is -0.816. The molecule has 2 aromatic carbocycles. The van der Waals surface area contributed by atoms with E-state index in [9.17, 15) is 4.79 Å². The fourth-order valence-electron chi connectivity index (χ4n) is 2.71. The largest absolute Gasteiger partial charge is 0.481 e. The third kappa shape index (κ3) is 2.70. The highest BCUT2D eigenvalue weighted by atomic mass is 16.4. The molecule has 22 heavy (non-hydrogen) atoms. The molecule has 0 atom stereocenters. The van der Waals surface area contributed by atoms with Gasteiger partial charge in [-0.15, -0.1) is 0 Å². The van der Waals surface area contributed by atoms with E-state index in [-0.39, 0.29) is 6.42 Å². The van der Waals surface area contributed by atoms with Crippen LogP contribution in [0.4, 0.5) is 0 Å². The fraction of sp³-hybridized carbons (Fsp3) is 0.158. The van der Waals surface area contributed by atoms with E-state index in [4.69, 9.17) is 10.1 Å². The molecule has 3 aromatic rings. The van der Waals surface area contributed by atoms with Crippen molar-refractivity contribution in [3.8, 4) is 11.3 Å². The van der Waals surface area contributed by atoms with E-state index >= 15 is 0 Å². The van der Waals surface area contributed by atoms with Crippen molar-refractivity contribution in [3.05, 3.63) is 65.9 Å². The second-order valence-corrected chi connectivity index (χ2v) is 5.26. The van der Waals surface area contributed by atoms with Crippen LogP contribution in [0.5, 0.6) is 0 Å². The van der Waals surface area contributed by atoms with E-state index in [0.29, 0.717) is 0 Å². The summed E-state index contributed by atoms with van der Waals surface area (Å²) in [6.45, 7) is 2.06. The van der Waals surface area contributed by atoms with E-state index in [2.05, 4.69) is 6.92 Å². The summed E-state index contributed by atoms with van der Waals surface area (Å²) in [5.41, 5.74) is 3.78. The van der Waals surface area contributed by atoms with Crippen LogP contribution in [0, 0.1) is 0 Å². The first-order valence-corrected chi connectivity index (χ1v) is 7.37. The molecule has 0 aliphatic carbocycles. The lowest BCUT2D eigenvalue weighted by molar-refractivity contribution is -0.136. The number of nitrogens with zero attached hydrogens (tertiary/aromatic N) is 1. The Bertz CT molecular complexity index is 825. The van der Waals surface area contributed by atoms with E-state index in [1.165, 1.54) is 0 Å². The first-order chi connectivity index (χ1) is 10.7. The van der Waals surface area contributed by atoms with Crippen LogP contribution >= 0.6 is 0 Å². The van der Waals surface area contributed by atoms with Crippen LogP contribution in [-0.4, -0.2) is 16.1 Å². The maximum atomic E-state index is 11.1. The number of carboxylic acids is 1. The monoisotopic (exact) mass is 291 g/mol. The Morgan fingerprint density at radius 2 is 1.82 bits per heavy atom. The first kappa shape index (κ1) is 14.3. The fourth-order valence-corrected chi connectivity index (χ4v) is 2.71. The van der Waals surface area contributed by atoms with Crippen LogP contribution in [0.25, 0.3) is 22.0 Å². The molecular formula is C19H17NO2. The molecule has 1 heterocycles. The molecule has 110 valence electrons. The smallest absolute Gasteiger partial charge is 0.307 e. The van der Waals surface area contributed by atoms with Crippen molar-refractivity contribution in [2.45, 2.75) is 19.8 Å². The maximum Gasteiger partial charge on any atom is 0.307 e. The highest BCUT2D eigenvalue weighted by Gasteiger charge is 2.12. The van der Waals surface area contributed by atoms with E-state index in [1.807, 2.05) is 54.6 Å². The summed E-state index contributed by atoms with van der Waals surface area (Å²) in [6.07, 6.45) is 0.843. The third-order valence-electron chi connectivity index (χ3n) is 3.77. The molecule has 0 amide bonds. The Balaban J connectivity index is 2.30. The third-order valence-corrected chi connectivity index (χ3v) is 3.77. The van der Waals surface area contributed by atoms with Gasteiger partial charge in [0, 0.05) is 16.6 Å². The van der Waals surface area contributed by atoms with Crippen molar-refractivity contribution < 1.29 is 9.90 Å². The van der Waals surface area contributed by atoms with Crippen LogP contribution in [-0.2, 0) is 17.6 Å². The van der Waals surface area contributed by atoms with E-state index in [0.717, 1.165) is 39.7 Å². The van der Waals surface area contributed by atoms with Gasteiger partial charge in [-0.1, -0.05) is 55.5 Å². The minimum absolute atomic E-state index is 0.0265. The van der Waals surface area contributed by atoms with Gasteiger partial charge in [0.1, 0.15) is 0 Å². The summed E-state index contributed by atoms with van der Waals surface area (Å²) < 4.78 is 0. The first-order valence-electron chi connectivity index (χ1n) is 7.37. The Kier molecular flexibility index (Phi) is 3.88. The minimum Gasteiger partial charge on any atom is -0.481 e. The van der Waals surface area contributed by atoms with Gasteiger partial charge in [-0.05, 0) is 23.4 Å². The zero-order valence-electron chi connectivity index (χ0n) is 12.4. The van der Waals surface area contributed by atoms with Crippen molar-refractivity contribution in [2.24, 2.45) is 0 Å².